The third-order valence-corrected chi connectivity index (χ3v) is 4.12. The highest BCUT2D eigenvalue weighted by Crippen LogP contribution is 2.38. The van der Waals surface area contributed by atoms with Gasteiger partial charge in [-0.05, 0) is 36.5 Å². The van der Waals surface area contributed by atoms with E-state index in [9.17, 15) is 9.59 Å². The fraction of sp³-hybridized carbons (Fsp3) is 0.474. The van der Waals surface area contributed by atoms with Gasteiger partial charge in [0, 0.05) is 6.54 Å². The second kappa shape index (κ2) is 9.70. The van der Waals surface area contributed by atoms with Gasteiger partial charge in [-0.15, -0.1) is 0 Å². The van der Waals surface area contributed by atoms with Crippen LogP contribution >= 0.6 is 0 Å². The number of ether oxygens (including phenoxy) is 4. The van der Waals surface area contributed by atoms with Crippen molar-refractivity contribution in [1.29, 1.82) is 0 Å². The molecule has 1 aliphatic rings. The van der Waals surface area contributed by atoms with Crippen molar-refractivity contribution in [3.05, 3.63) is 29.8 Å². The molecular formula is C19H25NO6. The highest BCUT2D eigenvalue weighted by Gasteiger charge is 2.16. The second-order valence-corrected chi connectivity index (χ2v) is 5.94. The van der Waals surface area contributed by atoms with Crippen LogP contribution < -0.4 is 19.5 Å². The number of nitrogens with one attached hydrogen (secondary N) is 1. The maximum atomic E-state index is 11.9. The molecule has 0 unspecified atom stereocenters. The van der Waals surface area contributed by atoms with E-state index in [4.69, 9.17) is 18.9 Å². The highest BCUT2D eigenvalue weighted by atomic mass is 16.5. The lowest BCUT2D eigenvalue weighted by atomic mass is 10.1. The summed E-state index contributed by atoms with van der Waals surface area (Å²) in [6.45, 7) is -0.0435. The Labute approximate surface area is 153 Å². The van der Waals surface area contributed by atoms with Crippen LogP contribution in [0.15, 0.2) is 24.3 Å². The Morgan fingerprint density at radius 2 is 1.81 bits per heavy atom. The SMILES string of the molecule is COc1cc(CNC(=O)COC(=O)C[C@@H]2C=CCC2)cc(OC)c1OC. The van der Waals surface area contributed by atoms with E-state index in [2.05, 4.69) is 11.4 Å². The summed E-state index contributed by atoms with van der Waals surface area (Å²) in [6.07, 6.45) is 6.35. The van der Waals surface area contributed by atoms with Crippen molar-refractivity contribution in [1.82, 2.24) is 5.32 Å². The smallest absolute Gasteiger partial charge is 0.306 e. The number of carbonyl (C=O) groups is 2. The molecule has 1 atom stereocenters. The minimum Gasteiger partial charge on any atom is -0.493 e. The fourth-order valence-corrected chi connectivity index (χ4v) is 2.77. The molecule has 1 N–H and O–H groups in total. The van der Waals surface area contributed by atoms with Gasteiger partial charge in [0.2, 0.25) is 5.75 Å². The number of benzene rings is 1. The number of hydrogen-bond acceptors (Lipinski definition) is 6. The first kappa shape index (κ1) is 19.6. The zero-order chi connectivity index (χ0) is 18.9. The summed E-state index contributed by atoms with van der Waals surface area (Å²) in [5.74, 6) is 1.00. The van der Waals surface area contributed by atoms with Gasteiger partial charge in [-0.2, -0.15) is 0 Å². The van der Waals surface area contributed by atoms with Crippen LogP contribution in [0.2, 0.25) is 0 Å². The van der Waals surface area contributed by atoms with Gasteiger partial charge < -0.3 is 24.3 Å². The average Bonchev–Trinajstić information content (AvgIpc) is 3.16. The van der Waals surface area contributed by atoms with Gasteiger partial charge in [-0.3, -0.25) is 9.59 Å². The first-order valence-electron chi connectivity index (χ1n) is 8.45. The molecule has 7 nitrogen and oxygen atoms in total. The van der Waals surface area contributed by atoms with Crippen LogP contribution in [0.4, 0.5) is 0 Å². The summed E-state index contributed by atoms with van der Waals surface area (Å²) >= 11 is 0. The molecule has 1 aromatic carbocycles. The van der Waals surface area contributed by atoms with Crippen molar-refractivity contribution in [2.24, 2.45) is 5.92 Å². The number of esters is 1. The lowest BCUT2D eigenvalue weighted by Gasteiger charge is -2.14. The maximum absolute atomic E-state index is 11.9. The number of allylic oxidation sites excluding steroid dienone is 2. The molecule has 0 saturated carbocycles. The van der Waals surface area contributed by atoms with E-state index >= 15 is 0 Å². The van der Waals surface area contributed by atoms with Crippen molar-refractivity contribution in [2.45, 2.75) is 25.8 Å². The third kappa shape index (κ3) is 5.40. The second-order valence-electron chi connectivity index (χ2n) is 5.94. The standard InChI is InChI=1S/C19H25NO6/c1-23-15-8-14(9-16(24-2)19(15)25-3)11-20-17(21)12-26-18(22)10-13-6-4-5-7-13/h4,6,8-9,13H,5,7,10-12H2,1-3H3,(H,20,21)/t13-/m1/s1. The summed E-state index contributed by atoms with van der Waals surface area (Å²) in [4.78, 5) is 23.6. The van der Waals surface area contributed by atoms with Gasteiger partial charge in [-0.25, -0.2) is 0 Å². The van der Waals surface area contributed by atoms with Crippen molar-refractivity contribution in [3.63, 3.8) is 0 Å². The topological polar surface area (TPSA) is 83.1 Å². The van der Waals surface area contributed by atoms with E-state index < -0.39 is 0 Å². The Bertz CT molecular complexity index is 645. The Morgan fingerprint density at radius 3 is 2.35 bits per heavy atom. The Hall–Kier alpha value is -2.70. The molecule has 2 rings (SSSR count). The Balaban J connectivity index is 1.82. The van der Waals surface area contributed by atoms with Gasteiger partial charge >= 0.3 is 5.97 Å². The first-order chi connectivity index (χ1) is 12.6. The predicted molar refractivity (Wildman–Crippen MR) is 95.4 cm³/mol. The first-order valence-corrected chi connectivity index (χ1v) is 8.45. The zero-order valence-electron chi connectivity index (χ0n) is 15.4. The lowest BCUT2D eigenvalue weighted by Crippen LogP contribution is -2.28. The van der Waals surface area contributed by atoms with Crippen LogP contribution in [0.3, 0.4) is 0 Å². The van der Waals surface area contributed by atoms with Gasteiger partial charge in [0.15, 0.2) is 18.1 Å². The van der Waals surface area contributed by atoms with Gasteiger partial charge in [0.05, 0.1) is 27.8 Å². The molecular weight excluding hydrogens is 338 g/mol. The van der Waals surface area contributed by atoms with E-state index in [-0.39, 0.29) is 30.9 Å². The Morgan fingerprint density at radius 1 is 1.12 bits per heavy atom. The van der Waals surface area contributed by atoms with Gasteiger partial charge in [-0.1, -0.05) is 12.2 Å². The normalized spacial score (nSPS) is 15.4. The van der Waals surface area contributed by atoms with E-state index in [1.807, 2.05) is 6.08 Å². The molecule has 0 aliphatic heterocycles. The van der Waals surface area contributed by atoms with Crippen LogP contribution in [0.1, 0.15) is 24.8 Å². The fourth-order valence-electron chi connectivity index (χ4n) is 2.77. The summed E-state index contributed by atoms with van der Waals surface area (Å²) in [7, 11) is 4.58. The Kier molecular flexibility index (Phi) is 7.32. The summed E-state index contributed by atoms with van der Waals surface area (Å²) in [6, 6.07) is 3.50. The third-order valence-electron chi connectivity index (χ3n) is 4.12. The van der Waals surface area contributed by atoms with Crippen LogP contribution in [0.25, 0.3) is 0 Å². The summed E-state index contributed by atoms with van der Waals surface area (Å²) in [5, 5.41) is 2.71. The van der Waals surface area contributed by atoms with Crippen molar-refractivity contribution in [3.8, 4) is 17.2 Å². The number of rotatable bonds is 9. The van der Waals surface area contributed by atoms with E-state index in [1.165, 1.54) is 21.3 Å². The minimum absolute atomic E-state index is 0.227. The molecule has 7 heteroatoms. The molecule has 0 heterocycles. The van der Waals surface area contributed by atoms with Gasteiger partial charge in [0.25, 0.3) is 5.91 Å². The van der Waals surface area contributed by atoms with Gasteiger partial charge in [0.1, 0.15) is 0 Å². The molecule has 26 heavy (non-hydrogen) atoms. The zero-order valence-corrected chi connectivity index (χ0v) is 15.4. The molecule has 1 aliphatic carbocycles. The molecule has 0 saturated heterocycles. The number of hydrogen-bond donors (Lipinski definition) is 1. The van der Waals surface area contributed by atoms with E-state index in [0.29, 0.717) is 23.7 Å². The number of amides is 1. The molecule has 0 bridgehead atoms. The maximum Gasteiger partial charge on any atom is 0.306 e. The van der Waals surface area contributed by atoms with E-state index in [0.717, 1.165) is 18.4 Å². The molecule has 0 aromatic heterocycles. The minimum atomic E-state index is -0.367. The van der Waals surface area contributed by atoms with Crippen molar-refractivity contribution < 1.29 is 28.5 Å². The molecule has 0 radical (unpaired) electrons. The highest BCUT2D eigenvalue weighted by molar-refractivity contribution is 5.80. The molecule has 142 valence electrons. The molecule has 1 amide bonds. The molecule has 0 spiro atoms. The summed E-state index contributed by atoms with van der Waals surface area (Å²) in [5.41, 5.74) is 0.773. The van der Waals surface area contributed by atoms with Crippen LogP contribution in [0, 0.1) is 5.92 Å². The summed E-state index contributed by atoms with van der Waals surface area (Å²) < 4.78 is 20.8. The number of carbonyl (C=O) groups excluding carboxylic acids is 2. The average molecular weight is 363 g/mol. The van der Waals surface area contributed by atoms with E-state index in [1.54, 1.807) is 12.1 Å². The lowest BCUT2D eigenvalue weighted by molar-refractivity contribution is -0.149. The van der Waals surface area contributed by atoms with Crippen LogP contribution in [-0.4, -0.2) is 39.8 Å². The monoisotopic (exact) mass is 363 g/mol. The predicted octanol–water partition coefficient (Wildman–Crippen LogP) is 2.23. The van der Waals surface area contributed by atoms with Crippen molar-refractivity contribution in [2.75, 3.05) is 27.9 Å². The molecule has 0 fully saturated rings. The van der Waals surface area contributed by atoms with Crippen molar-refractivity contribution >= 4 is 11.9 Å². The largest absolute Gasteiger partial charge is 0.493 e. The quantitative estimate of drug-likeness (QED) is 0.535. The van der Waals surface area contributed by atoms with Crippen LogP contribution in [-0.2, 0) is 20.9 Å². The number of methoxy groups -OCH3 is 3. The molecule has 1 aromatic rings. The van der Waals surface area contributed by atoms with Crippen LogP contribution in [0.5, 0.6) is 17.2 Å².